The molecule has 0 spiro atoms. The Bertz CT molecular complexity index is 2950. The van der Waals surface area contributed by atoms with Crippen molar-refractivity contribution in [1.82, 2.24) is 9.13 Å². The van der Waals surface area contributed by atoms with E-state index in [1.807, 2.05) is 18.2 Å². The highest BCUT2D eigenvalue weighted by Crippen LogP contribution is 2.39. The van der Waals surface area contributed by atoms with Gasteiger partial charge in [-0.2, -0.15) is 5.26 Å². The van der Waals surface area contributed by atoms with Crippen LogP contribution in [0.1, 0.15) is 24.0 Å². The van der Waals surface area contributed by atoms with Crippen LogP contribution in [0, 0.1) is 11.3 Å². The van der Waals surface area contributed by atoms with Crippen molar-refractivity contribution in [1.29, 1.82) is 5.26 Å². The fraction of sp³-hybridized carbons (Fsp3) is 0.0408. The number of aromatic nitrogens is 2. The molecule has 2 heterocycles. The summed E-state index contributed by atoms with van der Waals surface area (Å²) in [6.07, 6.45) is 6.64. The first-order chi connectivity index (χ1) is 25.7. The lowest BCUT2D eigenvalue weighted by molar-refractivity contribution is 0.992. The number of nitriles is 1. The van der Waals surface area contributed by atoms with E-state index in [4.69, 9.17) is 0 Å². The van der Waals surface area contributed by atoms with Crippen LogP contribution in [0.4, 0.5) is 0 Å². The van der Waals surface area contributed by atoms with Gasteiger partial charge in [-0.1, -0.05) is 115 Å². The summed E-state index contributed by atoms with van der Waals surface area (Å²) in [5.41, 5.74) is 15.2. The molecule has 244 valence electrons. The van der Waals surface area contributed by atoms with Crippen LogP contribution in [-0.4, -0.2) is 9.13 Å². The molecule has 2 aromatic heterocycles. The highest BCUT2D eigenvalue weighted by Gasteiger charge is 2.18. The van der Waals surface area contributed by atoms with E-state index in [0.29, 0.717) is 5.56 Å². The molecule has 1 aliphatic carbocycles. The summed E-state index contributed by atoms with van der Waals surface area (Å²) in [5, 5.41) is 14.5. The summed E-state index contributed by atoms with van der Waals surface area (Å²) in [4.78, 5) is 0. The smallest absolute Gasteiger partial charge is 0.0992 e. The summed E-state index contributed by atoms with van der Waals surface area (Å²) >= 11 is 0. The Labute approximate surface area is 302 Å². The zero-order valence-corrected chi connectivity index (χ0v) is 28.5. The molecule has 7 aromatic carbocycles. The second-order valence-electron chi connectivity index (χ2n) is 13.6. The summed E-state index contributed by atoms with van der Waals surface area (Å²) in [6, 6.07) is 60.8. The van der Waals surface area contributed by atoms with Crippen LogP contribution >= 0.6 is 0 Å². The molecule has 0 bridgehead atoms. The molecule has 9 aromatic rings. The molecule has 0 fully saturated rings. The van der Waals surface area contributed by atoms with Crippen LogP contribution in [0.3, 0.4) is 0 Å². The molecule has 0 saturated carbocycles. The van der Waals surface area contributed by atoms with Crippen LogP contribution in [0.25, 0.3) is 82.8 Å². The van der Waals surface area contributed by atoms with Gasteiger partial charge < -0.3 is 9.13 Å². The molecule has 52 heavy (non-hydrogen) atoms. The molecule has 10 rings (SSSR count). The number of para-hydroxylation sites is 2. The Morgan fingerprint density at radius 3 is 1.58 bits per heavy atom. The minimum absolute atomic E-state index is 0.654. The molecule has 1 aliphatic rings. The molecule has 0 amide bonds. The first-order valence-electron chi connectivity index (χ1n) is 17.9. The SMILES string of the molecule is N#Cc1cccc(-n2c3ccccc3c3cc(-c4ccc(-c5ccc6c(c5)c5ccccc5n6C5=CC=C(c6ccccc6)CC5)cc4)ccc32)c1. The lowest BCUT2D eigenvalue weighted by atomic mass is 9.95. The maximum Gasteiger partial charge on any atom is 0.0992 e. The Morgan fingerprint density at radius 2 is 0.962 bits per heavy atom. The predicted octanol–water partition coefficient (Wildman–Crippen LogP) is 12.8. The third-order valence-electron chi connectivity index (χ3n) is 10.7. The number of hydrogen-bond acceptors (Lipinski definition) is 1. The summed E-state index contributed by atoms with van der Waals surface area (Å²) in [5.74, 6) is 0. The zero-order valence-electron chi connectivity index (χ0n) is 28.5. The van der Waals surface area contributed by atoms with E-state index < -0.39 is 0 Å². The van der Waals surface area contributed by atoms with Gasteiger partial charge in [0.1, 0.15) is 0 Å². The highest BCUT2D eigenvalue weighted by molar-refractivity contribution is 6.12. The van der Waals surface area contributed by atoms with Gasteiger partial charge in [0.25, 0.3) is 0 Å². The van der Waals surface area contributed by atoms with Gasteiger partial charge in [-0.3, -0.25) is 0 Å². The van der Waals surface area contributed by atoms with Crippen molar-refractivity contribution in [3.63, 3.8) is 0 Å². The zero-order chi connectivity index (χ0) is 34.6. The largest absolute Gasteiger partial charge is 0.313 e. The minimum Gasteiger partial charge on any atom is -0.313 e. The van der Waals surface area contributed by atoms with E-state index in [9.17, 15) is 5.26 Å². The maximum atomic E-state index is 9.55. The van der Waals surface area contributed by atoms with Crippen molar-refractivity contribution in [2.24, 2.45) is 0 Å². The monoisotopic (exact) mass is 663 g/mol. The number of rotatable bonds is 5. The molecule has 0 N–H and O–H groups in total. The molecule has 0 radical (unpaired) electrons. The Balaban J connectivity index is 1.01. The van der Waals surface area contributed by atoms with Gasteiger partial charge in [0.2, 0.25) is 0 Å². The normalized spacial score (nSPS) is 13.1. The number of hydrogen-bond donors (Lipinski definition) is 0. The quantitative estimate of drug-likeness (QED) is 0.180. The second kappa shape index (κ2) is 12.2. The van der Waals surface area contributed by atoms with Gasteiger partial charge in [-0.05, 0) is 107 Å². The number of nitrogens with zero attached hydrogens (tertiary/aromatic N) is 3. The van der Waals surface area contributed by atoms with E-state index in [0.717, 1.165) is 29.6 Å². The number of allylic oxidation sites excluding steroid dienone is 4. The molecular formula is C49H33N3. The molecule has 0 saturated heterocycles. The van der Waals surface area contributed by atoms with Crippen molar-refractivity contribution in [3.8, 4) is 34.0 Å². The van der Waals surface area contributed by atoms with Crippen molar-refractivity contribution < 1.29 is 0 Å². The van der Waals surface area contributed by atoms with Crippen molar-refractivity contribution in [2.45, 2.75) is 12.8 Å². The van der Waals surface area contributed by atoms with E-state index in [-0.39, 0.29) is 0 Å². The lowest BCUT2D eigenvalue weighted by Crippen LogP contribution is -2.01. The van der Waals surface area contributed by atoms with Crippen molar-refractivity contribution >= 4 is 54.9 Å². The van der Waals surface area contributed by atoms with Gasteiger partial charge in [0, 0.05) is 32.9 Å². The lowest BCUT2D eigenvalue weighted by Gasteiger charge is -2.18. The third-order valence-corrected chi connectivity index (χ3v) is 10.7. The second-order valence-corrected chi connectivity index (χ2v) is 13.6. The standard InChI is InChI=1S/C49H33N3/c50-32-33-9-8-12-41(29-33)52-47-16-7-5-14-43(47)45-31-39(24-28-49(45)52)37-19-17-36(18-20-37)38-23-27-48-44(30-38)42-13-4-6-15-46(42)51(48)40-25-21-35(22-26-40)34-10-2-1-3-11-34/h1-21,23-25,27-31H,22,26H2. The summed E-state index contributed by atoms with van der Waals surface area (Å²) < 4.78 is 4.72. The number of benzene rings is 7. The predicted molar refractivity (Wildman–Crippen MR) is 217 cm³/mol. The highest BCUT2D eigenvalue weighted by atomic mass is 15.0. The van der Waals surface area contributed by atoms with Gasteiger partial charge >= 0.3 is 0 Å². The van der Waals surface area contributed by atoms with Crippen molar-refractivity contribution in [3.05, 3.63) is 187 Å². The molecule has 3 heteroatoms. The Kier molecular flexibility index (Phi) is 7.01. The van der Waals surface area contributed by atoms with E-state index in [1.165, 1.54) is 71.7 Å². The minimum atomic E-state index is 0.654. The van der Waals surface area contributed by atoms with Crippen LogP contribution < -0.4 is 0 Å². The summed E-state index contributed by atoms with van der Waals surface area (Å²) in [7, 11) is 0. The van der Waals surface area contributed by atoms with Crippen molar-refractivity contribution in [2.75, 3.05) is 0 Å². The van der Waals surface area contributed by atoms with Gasteiger partial charge in [-0.25, -0.2) is 0 Å². The van der Waals surface area contributed by atoms with E-state index in [2.05, 4.69) is 173 Å². The maximum absolute atomic E-state index is 9.55. The molecular weight excluding hydrogens is 631 g/mol. The number of fused-ring (bicyclic) bond motifs is 6. The first kappa shape index (κ1) is 30.0. The Hall–Kier alpha value is -6.89. The third kappa shape index (κ3) is 4.88. The van der Waals surface area contributed by atoms with Crippen LogP contribution in [0.15, 0.2) is 176 Å². The fourth-order valence-electron chi connectivity index (χ4n) is 8.17. The fourth-order valence-corrected chi connectivity index (χ4v) is 8.17. The van der Waals surface area contributed by atoms with E-state index in [1.54, 1.807) is 0 Å². The van der Waals surface area contributed by atoms with Crippen LogP contribution in [0.2, 0.25) is 0 Å². The Morgan fingerprint density at radius 1 is 0.404 bits per heavy atom. The van der Waals surface area contributed by atoms with Gasteiger partial charge in [-0.15, -0.1) is 0 Å². The van der Waals surface area contributed by atoms with E-state index >= 15 is 0 Å². The topological polar surface area (TPSA) is 33.6 Å². The molecule has 0 unspecified atom stereocenters. The average Bonchev–Trinajstić information content (AvgIpc) is 3.73. The van der Waals surface area contributed by atoms with Gasteiger partial charge in [0.05, 0.1) is 33.7 Å². The van der Waals surface area contributed by atoms with Gasteiger partial charge in [0.15, 0.2) is 0 Å². The van der Waals surface area contributed by atoms with Crippen LogP contribution in [0.5, 0.6) is 0 Å². The molecule has 3 nitrogen and oxygen atoms in total. The molecule has 0 atom stereocenters. The molecule has 0 aliphatic heterocycles. The van der Waals surface area contributed by atoms with Crippen LogP contribution in [-0.2, 0) is 0 Å². The summed E-state index contributed by atoms with van der Waals surface area (Å²) in [6.45, 7) is 0. The average molecular weight is 664 g/mol. The first-order valence-corrected chi connectivity index (χ1v) is 17.9.